The minimum atomic E-state index is 0.536. The van der Waals surface area contributed by atoms with Crippen molar-refractivity contribution in [2.45, 2.75) is 6.92 Å². The minimum absolute atomic E-state index is 0.536. The molecule has 0 fully saturated rings. The van der Waals surface area contributed by atoms with Crippen LogP contribution >= 0.6 is 27.5 Å². The summed E-state index contributed by atoms with van der Waals surface area (Å²) < 4.78 is 0.886. The molecule has 1 aromatic heterocycles. The Labute approximate surface area is 119 Å². The molecule has 1 heterocycles. The normalized spacial score (nSPS) is 9.89. The molecule has 0 saturated heterocycles. The molecule has 0 spiro atoms. The van der Waals surface area contributed by atoms with E-state index >= 15 is 0 Å². The van der Waals surface area contributed by atoms with E-state index in [-0.39, 0.29) is 0 Å². The zero-order chi connectivity index (χ0) is 13.1. The maximum Gasteiger partial charge on any atom is 0.101 e. The Morgan fingerprint density at radius 1 is 1.39 bits per heavy atom. The molecular weight excluding hydrogens is 314 g/mol. The number of benzene rings is 1. The van der Waals surface area contributed by atoms with Gasteiger partial charge in [-0.05, 0) is 46.6 Å². The lowest BCUT2D eigenvalue weighted by Gasteiger charge is -2.11. The molecule has 0 radical (unpaired) electrons. The van der Waals surface area contributed by atoms with Crippen LogP contribution in [0, 0.1) is 18.3 Å². The first-order valence-electron chi connectivity index (χ1n) is 5.18. The van der Waals surface area contributed by atoms with Gasteiger partial charge in [0, 0.05) is 15.7 Å². The van der Waals surface area contributed by atoms with Crippen molar-refractivity contribution in [2.24, 2.45) is 0 Å². The Morgan fingerprint density at radius 2 is 2.17 bits per heavy atom. The summed E-state index contributed by atoms with van der Waals surface area (Å²) in [6, 6.07) is 7.51. The lowest BCUT2D eigenvalue weighted by Crippen LogP contribution is -1.96. The average molecular weight is 323 g/mol. The van der Waals surface area contributed by atoms with Crippen LogP contribution in [0.1, 0.15) is 11.1 Å². The molecule has 90 valence electrons. The van der Waals surface area contributed by atoms with Crippen molar-refractivity contribution >= 4 is 38.9 Å². The van der Waals surface area contributed by atoms with E-state index in [0.717, 1.165) is 15.7 Å². The number of nitriles is 1. The SMILES string of the molecule is Cc1cc(Br)c(Nc2cnccc2C#N)cc1Cl. The molecule has 0 saturated carbocycles. The first-order valence-corrected chi connectivity index (χ1v) is 6.35. The van der Waals surface area contributed by atoms with Gasteiger partial charge in [0.15, 0.2) is 0 Å². The summed E-state index contributed by atoms with van der Waals surface area (Å²) in [5.41, 5.74) is 2.98. The van der Waals surface area contributed by atoms with Gasteiger partial charge in [-0.1, -0.05) is 11.6 Å². The van der Waals surface area contributed by atoms with Crippen LogP contribution in [0.4, 0.5) is 11.4 Å². The molecule has 1 N–H and O–H groups in total. The third-order valence-corrected chi connectivity index (χ3v) is 3.52. The van der Waals surface area contributed by atoms with Crippen LogP contribution in [-0.4, -0.2) is 4.98 Å². The fourth-order valence-corrected chi connectivity index (χ4v) is 2.20. The van der Waals surface area contributed by atoms with Crippen LogP contribution in [0.3, 0.4) is 0 Å². The zero-order valence-electron chi connectivity index (χ0n) is 9.54. The topological polar surface area (TPSA) is 48.7 Å². The van der Waals surface area contributed by atoms with E-state index < -0.39 is 0 Å². The fraction of sp³-hybridized carbons (Fsp3) is 0.0769. The molecule has 2 rings (SSSR count). The summed E-state index contributed by atoms with van der Waals surface area (Å²) in [6.07, 6.45) is 3.19. The summed E-state index contributed by atoms with van der Waals surface area (Å²) in [5.74, 6) is 0. The standard InChI is InChI=1S/C13H9BrClN3/c1-8-4-10(14)12(5-11(8)15)18-13-7-17-3-2-9(13)6-16/h2-5,7,18H,1H3. The number of nitrogens with one attached hydrogen (secondary N) is 1. The summed E-state index contributed by atoms with van der Waals surface area (Å²) in [6.45, 7) is 1.93. The Bertz CT molecular complexity index is 635. The lowest BCUT2D eigenvalue weighted by atomic mass is 10.2. The second-order valence-electron chi connectivity index (χ2n) is 3.74. The van der Waals surface area contributed by atoms with Crippen LogP contribution in [0.25, 0.3) is 0 Å². The van der Waals surface area contributed by atoms with E-state index in [9.17, 15) is 0 Å². The summed E-state index contributed by atoms with van der Waals surface area (Å²) in [5, 5.41) is 12.8. The van der Waals surface area contributed by atoms with Crippen LogP contribution in [0.5, 0.6) is 0 Å². The fourth-order valence-electron chi connectivity index (χ4n) is 1.48. The number of hydrogen-bond acceptors (Lipinski definition) is 3. The molecule has 3 nitrogen and oxygen atoms in total. The van der Waals surface area contributed by atoms with Gasteiger partial charge in [0.05, 0.1) is 23.1 Å². The third kappa shape index (κ3) is 2.63. The van der Waals surface area contributed by atoms with Gasteiger partial charge < -0.3 is 5.32 Å². The highest BCUT2D eigenvalue weighted by Crippen LogP contribution is 2.31. The number of aryl methyl sites for hydroxylation is 1. The van der Waals surface area contributed by atoms with Crippen molar-refractivity contribution in [2.75, 3.05) is 5.32 Å². The van der Waals surface area contributed by atoms with E-state index in [0.29, 0.717) is 16.3 Å². The predicted molar refractivity (Wildman–Crippen MR) is 76.1 cm³/mol. The molecule has 0 atom stereocenters. The Balaban J connectivity index is 2.41. The van der Waals surface area contributed by atoms with Gasteiger partial charge in [0.1, 0.15) is 6.07 Å². The van der Waals surface area contributed by atoms with Gasteiger partial charge in [0.25, 0.3) is 0 Å². The molecule has 0 amide bonds. The summed E-state index contributed by atoms with van der Waals surface area (Å²) in [7, 11) is 0. The number of aromatic nitrogens is 1. The number of pyridine rings is 1. The Kier molecular flexibility index (Phi) is 3.85. The van der Waals surface area contributed by atoms with E-state index in [2.05, 4.69) is 32.3 Å². The second-order valence-corrected chi connectivity index (χ2v) is 5.00. The Hall–Kier alpha value is -1.57. The molecule has 0 unspecified atom stereocenters. The molecule has 2 aromatic rings. The number of hydrogen-bond donors (Lipinski definition) is 1. The highest BCUT2D eigenvalue weighted by Gasteiger charge is 2.07. The van der Waals surface area contributed by atoms with Crippen molar-refractivity contribution in [3.63, 3.8) is 0 Å². The predicted octanol–water partition coefficient (Wildman–Crippen LogP) is 4.42. The highest BCUT2D eigenvalue weighted by atomic mass is 79.9. The van der Waals surface area contributed by atoms with Gasteiger partial charge in [-0.2, -0.15) is 5.26 Å². The molecule has 18 heavy (non-hydrogen) atoms. The molecule has 0 aliphatic carbocycles. The van der Waals surface area contributed by atoms with E-state index in [1.807, 2.05) is 19.1 Å². The molecule has 5 heteroatoms. The van der Waals surface area contributed by atoms with Gasteiger partial charge in [0.2, 0.25) is 0 Å². The van der Waals surface area contributed by atoms with Gasteiger partial charge in [-0.25, -0.2) is 0 Å². The van der Waals surface area contributed by atoms with Gasteiger partial charge >= 0.3 is 0 Å². The number of anilines is 2. The first kappa shape index (κ1) is 12.9. The molecule has 0 bridgehead atoms. The molecule has 0 aliphatic heterocycles. The van der Waals surface area contributed by atoms with Crippen molar-refractivity contribution in [3.8, 4) is 6.07 Å². The van der Waals surface area contributed by atoms with Crippen molar-refractivity contribution in [1.82, 2.24) is 4.98 Å². The van der Waals surface area contributed by atoms with Gasteiger partial charge in [-0.3, -0.25) is 4.98 Å². The van der Waals surface area contributed by atoms with Crippen LogP contribution < -0.4 is 5.32 Å². The van der Waals surface area contributed by atoms with E-state index in [1.165, 1.54) is 0 Å². The lowest BCUT2D eigenvalue weighted by molar-refractivity contribution is 1.30. The summed E-state index contributed by atoms with van der Waals surface area (Å²) >= 11 is 9.55. The maximum atomic E-state index is 9.01. The third-order valence-electron chi connectivity index (χ3n) is 2.46. The molecule has 1 aromatic carbocycles. The second kappa shape index (κ2) is 5.38. The van der Waals surface area contributed by atoms with Gasteiger partial charge in [-0.15, -0.1) is 0 Å². The molecule has 0 aliphatic rings. The molecular formula is C13H9BrClN3. The minimum Gasteiger partial charge on any atom is -0.352 e. The van der Waals surface area contributed by atoms with Crippen LogP contribution in [0.15, 0.2) is 35.1 Å². The number of rotatable bonds is 2. The van der Waals surface area contributed by atoms with E-state index in [1.54, 1.807) is 18.5 Å². The van der Waals surface area contributed by atoms with E-state index in [4.69, 9.17) is 16.9 Å². The average Bonchev–Trinajstić information content (AvgIpc) is 2.36. The van der Waals surface area contributed by atoms with Crippen molar-refractivity contribution in [3.05, 3.63) is 51.2 Å². The number of halogens is 2. The monoisotopic (exact) mass is 321 g/mol. The van der Waals surface area contributed by atoms with Crippen molar-refractivity contribution in [1.29, 1.82) is 5.26 Å². The quantitative estimate of drug-likeness (QED) is 0.890. The van der Waals surface area contributed by atoms with Crippen molar-refractivity contribution < 1.29 is 0 Å². The number of nitrogens with zero attached hydrogens (tertiary/aromatic N) is 2. The zero-order valence-corrected chi connectivity index (χ0v) is 11.9. The smallest absolute Gasteiger partial charge is 0.101 e. The van der Waals surface area contributed by atoms with Crippen LogP contribution in [0.2, 0.25) is 5.02 Å². The maximum absolute atomic E-state index is 9.01. The largest absolute Gasteiger partial charge is 0.352 e. The Morgan fingerprint density at radius 3 is 2.89 bits per heavy atom. The summed E-state index contributed by atoms with van der Waals surface area (Å²) in [4.78, 5) is 4.00. The highest BCUT2D eigenvalue weighted by molar-refractivity contribution is 9.10. The first-order chi connectivity index (χ1) is 8.61. The van der Waals surface area contributed by atoms with Crippen LogP contribution in [-0.2, 0) is 0 Å².